The molecule has 100 valence electrons. The van der Waals surface area contributed by atoms with Crippen molar-refractivity contribution in [3.63, 3.8) is 0 Å². The van der Waals surface area contributed by atoms with Crippen molar-refractivity contribution >= 4 is 17.1 Å². The molecule has 5 heteroatoms. The number of ether oxygens (including phenoxy) is 1. The van der Waals surface area contributed by atoms with E-state index in [0.717, 1.165) is 17.8 Å². The summed E-state index contributed by atoms with van der Waals surface area (Å²) in [5, 5.41) is 9.06. The third kappa shape index (κ3) is 3.38. The summed E-state index contributed by atoms with van der Waals surface area (Å²) in [5.74, 6) is 0.165. The molecule has 1 aromatic rings. The molecule has 2 heterocycles. The number of carbonyl (C=O) groups excluding carboxylic acids is 1. The van der Waals surface area contributed by atoms with E-state index >= 15 is 0 Å². The maximum atomic E-state index is 12.1. The van der Waals surface area contributed by atoms with Crippen LogP contribution in [-0.4, -0.2) is 54.7 Å². The van der Waals surface area contributed by atoms with Gasteiger partial charge >= 0.3 is 0 Å². The molecule has 18 heavy (non-hydrogen) atoms. The largest absolute Gasteiger partial charge is 0.394 e. The first-order valence-corrected chi connectivity index (χ1v) is 7.11. The Hall–Kier alpha value is -0.750. The lowest BCUT2D eigenvalue weighted by Crippen LogP contribution is -2.45. The van der Waals surface area contributed by atoms with Crippen LogP contribution in [0.25, 0.3) is 0 Å². The van der Waals surface area contributed by atoms with Gasteiger partial charge in [0.1, 0.15) is 0 Å². The van der Waals surface area contributed by atoms with Crippen LogP contribution in [0.4, 0.5) is 0 Å². The van der Waals surface area contributed by atoms with Crippen molar-refractivity contribution in [3.05, 3.63) is 21.9 Å². The zero-order valence-electron chi connectivity index (χ0n) is 10.6. The van der Waals surface area contributed by atoms with Crippen molar-refractivity contribution in [2.45, 2.75) is 19.4 Å². The first kappa shape index (κ1) is 13.7. The lowest BCUT2D eigenvalue weighted by Gasteiger charge is -2.31. The molecule has 0 aliphatic carbocycles. The van der Waals surface area contributed by atoms with Gasteiger partial charge in [-0.3, -0.25) is 9.69 Å². The van der Waals surface area contributed by atoms with Crippen LogP contribution in [0.15, 0.2) is 12.1 Å². The summed E-state index contributed by atoms with van der Waals surface area (Å²) in [4.78, 5) is 16.2. The summed E-state index contributed by atoms with van der Waals surface area (Å²) in [5.41, 5.74) is 0. The highest BCUT2D eigenvalue weighted by atomic mass is 32.1. The zero-order chi connectivity index (χ0) is 13.0. The van der Waals surface area contributed by atoms with Crippen molar-refractivity contribution in [3.8, 4) is 0 Å². The summed E-state index contributed by atoms with van der Waals surface area (Å²) in [7, 11) is 0. The second-order valence-electron chi connectivity index (χ2n) is 4.45. The van der Waals surface area contributed by atoms with Crippen LogP contribution < -0.4 is 0 Å². The molecule has 1 saturated heterocycles. The van der Waals surface area contributed by atoms with E-state index in [0.29, 0.717) is 19.7 Å². The lowest BCUT2D eigenvalue weighted by molar-refractivity contribution is -0.0503. The molecular formula is C13H19NO3S. The van der Waals surface area contributed by atoms with Gasteiger partial charge in [0.2, 0.25) is 0 Å². The molecule has 1 N–H and O–H groups in total. The predicted octanol–water partition coefficient (Wildman–Crippen LogP) is 1.19. The fraction of sp³-hybridized carbons (Fsp3) is 0.615. The van der Waals surface area contributed by atoms with Crippen LogP contribution in [-0.2, 0) is 11.2 Å². The van der Waals surface area contributed by atoms with Gasteiger partial charge in [-0.2, -0.15) is 0 Å². The number of morpholine rings is 1. The fourth-order valence-corrected chi connectivity index (χ4v) is 2.91. The zero-order valence-corrected chi connectivity index (χ0v) is 11.4. The van der Waals surface area contributed by atoms with E-state index in [1.807, 2.05) is 12.1 Å². The number of thiophene rings is 1. The van der Waals surface area contributed by atoms with E-state index in [1.165, 1.54) is 4.88 Å². The van der Waals surface area contributed by atoms with Crippen molar-refractivity contribution in [1.82, 2.24) is 4.90 Å². The van der Waals surface area contributed by atoms with Crippen molar-refractivity contribution in [2.75, 3.05) is 32.8 Å². The monoisotopic (exact) mass is 269 g/mol. The Bertz CT molecular complexity index is 405. The van der Waals surface area contributed by atoms with Crippen LogP contribution in [0.3, 0.4) is 0 Å². The Morgan fingerprint density at radius 3 is 3.11 bits per heavy atom. The molecular weight excluding hydrogens is 250 g/mol. The standard InChI is InChI=1S/C13H19NO3S/c1-2-11-3-4-13(18-11)12(16)8-14-5-6-17-10(7-14)9-15/h3-4,10,15H,2,5-9H2,1H3. The Morgan fingerprint density at radius 2 is 2.44 bits per heavy atom. The molecule has 1 aliphatic rings. The third-order valence-corrected chi connectivity index (χ3v) is 4.35. The number of nitrogens with zero attached hydrogens (tertiary/aromatic N) is 1. The molecule has 0 saturated carbocycles. The van der Waals surface area contributed by atoms with Gasteiger partial charge in [-0.1, -0.05) is 6.92 Å². The minimum Gasteiger partial charge on any atom is -0.394 e. The summed E-state index contributed by atoms with van der Waals surface area (Å²) in [6.45, 7) is 4.51. The number of aliphatic hydroxyl groups excluding tert-OH is 1. The normalized spacial score (nSPS) is 21.1. The summed E-state index contributed by atoms with van der Waals surface area (Å²) in [6, 6.07) is 3.93. The summed E-state index contributed by atoms with van der Waals surface area (Å²) in [6.07, 6.45) is 0.823. The number of carbonyl (C=O) groups is 1. The van der Waals surface area contributed by atoms with E-state index in [-0.39, 0.29) is 18.5 Å². The second-order valence-corrected chi connectivity index (χ2v) is 5.62. The molecule has 0 radical (unpaired) electrons. The molecule has 2 rings (SSSR count). The number of aliphatic hydroxyl groups is 1. The van der Waals surface area contributed by atoms with Gasteiger partial charge in [-0.25, -0.2) is 0 Å². The quantitative estimate of drug-likeness (QED) is 0.816. The molecule has 1 fully saturated rings. The second kappa shape index (κ2) is 6.43. The Kier molecular flexibility index (Phi) is 4.88. The minimum atomic E-state index is -0.152. The van der Waals surface area contributed by atoms with E-state index in [9.17, 15) is 4.79 Å². The Balaban J connectivity index is 1.90. The average Bonchev–Trinajstić information content (AvgIpc) is 2.88. The van der Waals surface area contributed by atoms with Crippen LogP contribution in [0, 0.1) is 0 Å². The van der Waals surface area contributed by atoms with E-state index in [2.05, 4.69) is 11.8 Å². The van der Waals surface area contributed by atoms with E-state index < -0.39 is 0 Å². The molecule has 1 atom stereocenters. The van der Waals surface area contributed by atoms with Crippen LogP contribution >= 0.6 is 11.3 Å². The van der Waals surface area contributed by atoms with E-state index in [1.54, 1.807) is 11.3 Å². The Morgan fingerprint density at radius 1 is 1.61 bits per heavy atom. The number of aryl methyl sites for hydroxylation is 1. The predicted molar refractivity (Wildman–Crippen MR) is 71.3 cm³/mol. The SMILES string of the molecule is CCc1ccc(C(=O)CN2CCOC(CO)C2)s1. The van der Waals surface area contributed by atoms with Gasteiger partial charge in [0.25, 0.3) is 0 Å². The van der Waals surface area contributed by atoms with Crippen LogP contribution in [0.2, 0.25) is 0 Å². The van der Waals surface area contributed by atoms with Crippen molar-refractivity contribution in [1.29, 1.82) is 0 Å². The molecule has 0 spiro atoms. The summed E-state index contributed by atoms with van der Waals surface area (Å²) >= 11 is 1.58. The van der Waals surface area contributed by atoms with Gasteiger partial charge in [-0.05, 0) is 18.6 Å². The number of rotatable bonds is 5. The summed E-state index contributed by atoms with van der Waals surface area (Å²) < 4.78 is 5.37. The highest BCUT2D eigenvalue weighted by Crippen LogP contribution is 2.18. The van der Waals surface area contributed by atoms with Crippen molar-refractivity contribution < 1.29 is 14.6 Å². The number of hydrogen-bond donors (Lipinski definition) is 1. The van der Waals surface area contributed by atoms with Gasteiger partial charge in [0, 0.05) is 18.0 Å². The molecule has 4 nitrogen and oxygen atoms in total. The maximum Gasteiger partial charge on any atom is 0.186 e. The minimum absolute atomic E-state index is 0.0175. The topological polar surface area (TPSA) is 49.8 Å². The number of ketones is 1. The number of Topliss-reactive ketones (excluding diaryl/α,β-unsaturated/α-hetero) is 1. The number of hydrogen-bond acceptors (Lipinski definition) is 5. The van der Waals surface area contributed by atoms with Gasteiger partial charge in [-0.15, -0.1) is 11.3 Å². The van der Waals surface area contributed by atoms with Crippen LogP contribution in [0.1, 0.15) is 21.5 Å². The Labute approximate surface area is 111 Å². The molecule has 0 aromatic carbocycles. The first-order valence-electron chi connectivity index (χ1n) is 6.29. The molecule has 1 aromatic heterocycles. The average molecular weight is 269 g/mol. The smallest absolute Gasteiger partial charge is 0.186 e. The first-order chi connectivity index (χ1) is 8.72. The highest BCUT2D eigenvalue weighted by molar-refractivity contribution is 7.14. The van der Waals surface area contributed by atoms with Crippen molar-refractivity contribution in [2.24, 2.45) is 0 Å². The lowest BCUT2D eigenvalue weighted by atomic mass is 10.2. The molecule has 0 bridgehead atoms. The van der Waals surface area contributed by atoms with Gasteiger partial charge < -0.3 is 9.84 Å². The fourth-order valence-electron chi connectivity index (χ4n) is 2.03. The van der Waals surface area contributed by atoms with Crippen LogP contribution in [0.5, 0.6) is 0 Å². The van der Waals surface area contributed by atoms with E-state index in [4.69, 9.17) is 9.84 Å². The maximum absolute atomic E-state index is 12.1. The van der Waals surface area contributed by atoms with Gasteiger partial charge in [0.15, 0.2) is 5.78 Å². The third-order valence-electron chi connectivity index (χ3n) is 3.08. The molecule has 1 aliphatic heterocycles. The van der Waals surface area contributed by atoms with Gasteiger partial charge in [0.05, 0.1) is 30.7 Å². The highest BCUT2D eigenvalue weighted by Gasteiger charge is 2.22. The molecule has 0 amide bonds. The molecule has 1 unspecified atom stereocenters.